The summed E-state index contributed by atoms with van der Waals surface area (Å²) in [6.45, 7) is 0. The lowest BCUT2D eigenvalue weighted by Crippen LogP contribution is -2.39. The van der Waals surface area contributed by atoms with E-state index < -0.39 is 16.9 Å². The highest BCUT2D eigenvalue weighted by Gasteiger charge is 2.62. The van der Waals surface area contributed by atoms with Crippen molar-refractivity contribution in [1.29, 1.82) is 0 Å². The minimum absolute atomic E-state index is 0.123. The van der Waals surface area contributed by atoms with Gasteiger partial charge in [0, 0.05) is 9.35 Å². The molecule has 0 aliphatic heterocycles. The average molecular weight is 408 g/mol. The largest absolute Gasteiger partial charge is 0.454 e. The van der Waals surface area contributed by atoms with Gasteiger partial charge in [0.15, 0.2) is 0 Å². The van der Waals surface area contributed by atoms with Gasteiger partial charge in [-0.25, -0.2) is 0 Å². The first kappa shape index (κ1) is 14.7. The van der Waals surface area contributed by atoms with Gasteiger partial charge in [-0.2, -0.15) is 22.0 Å². The molecule has 0 fully saturated rings. The molecule has 0 aliphatic carbocycles. The molecule has 0 saturated heterocycles. The lowest BCUT2D eigenvalue weighted by Gasteiger charge is -2.23. The highest BCUT2D eigenvalue weighted by molar-refractivity contribution is 9.10. The fourth-order valence-electron chi connectivity index (χ4n) is 0.811. The average Bonchev–Trinajstić information content (AvgIpc) is 2.43. The minimum atomic E-state index is -5.61. The summed E-state index contributed by atoms with van der Waals surface area (Å²) in [5.41, 5.74) is 0. The first-order valence-corrected chi connectivity index (χ1v) is 6.51. The smallest absolute Gasteiger partial charge is 0.195 e. The van der Waals surface area contributed by atoms with Crippen LogP contribution in [-0.2, 0) is 0 Å². The fraction of sp³-hybridized carbons (Fsp3) is 0.429. The molecule has 0 aromatic carbocycles. The summed E-state index contributed by atoms with van der Waals surface area (Å²) in [6.07, 6.45) is -5.61. The number of thiophene rings is 1. The molecule has 0 amide bonds. The summed E-state index contributed by atoms with van der Waals surface area (Å²) in [6, 6.07) is 1.13. The van der Waals surface area contributed by atoms with Crippen LogP contribution in [0.25, 0.3) is 0 Å². The first-order chi connectivity index (χ1) is 7.07. The zero-order valence-electron chi connectivity index (χ0n) is 7.09. The Balaban J connectivity index is 3.07. The highest BCUT2D eigenvalue weighted by atomic mass is 79.9. The summed E-state index contributed by atoms with van der Waals surface area (Å²) >= 11 is 11.5. The van der Waals surface area contributed by atoms with Crippen molar-refractivity contribution >= 4 is 54.8 Å². The Morgan fingerprint density at radius 3 is 2.06 bits per heavy atom. The Morgan fingerprint density at radius 2 is 1.75 bits per heavy atom. The number of hydrogen-bond acceptors (Lipinski definition) is 1. The van der Waals surface area contributed by atoms with Gasteiger partial charge >= 0.3 is 12.1 Å². The summed E-state index contributed by atoms with van der Waals surface area (Å²) in [7, 11) is 0. The molecule has 0 saturated carbocycles. The maximum atomic E-state index is 12.9. The standard InChI is InChI=1S/C7H2Br2ClF5S/c8-2-1-3(16-5(2)10)4(9)6(11,12)7(13,14)15/h1,4H. The van der Waals surface area contributed by atoms with Gasteiger partial charge in [0.25, 0.3) is 0 Å². The molecule has 0 N–H and O–H groups in total. The quantitative estimate of drug-likeness (QED) is 0.429. The van der Waals surface area contributed by atoms with Crippen molar-refractivity contribution in [3.8, 4) is 0 Å². The van der Waals surface area contributed by atoms with Crippen molar-refractivity contribution in [1.82, 2.24) is 0 Å². The van der Waals surface area contributed by atoms with E-state index in [4.69, 9.17) is 11.6 Å². The van der Waals surface area contributed by atoms with Gasteiger partial charge in [0.05, 0.1) is 0 Å². The van der Waals surface area contributed by atoms with Crippen molar-refractivity contribution in [2.24, 2.45) is 0 Å². The lowest BCUT2D eigenvalue weighted by atomic mass is 10.2. The second-order valence-electron chi connectivity index (χ2n) is 2.75. The van der Waals surface area contributed by atoms with Crippen LogP contribution in [0.2, 0.25) is 4.34 Å². The molecule has 1 heterocycles. The van der Waals surface area contributed by atoms with E-state index in [1.54, 1.807) is 0 Å². The van der Waals surface area contributed by atoms with E-state index in [9.17, 15) is 22.0 Å². The van der Waals surface area contributed by atoms with Gasteiger partial charge in [-0.3, -0.25) is 0 Å². The monoisotopic (exact) mass is 406 g/mol. The molecule has 1 aromatic rings. The minimum Gasteiger partial charge on any atom is -0.195 e. The second-order valence-corrected chi connectivity index (χ2v) is 6.21. The first-order valence-electron chi connectivity index (χ1n) is 3.60. The van der Waals surface area contributed by atoms with E-state index in [0.29, 0.717) is 11.3 Å². The molecule has 0 spiro atoms. The van der Waals surface area contributed by atoms with Crippen LogP contribution in [0, 0.1) is 0 Å². The van der Waals surface area contributed by atoms with E-state index in [1.807, 2.05) is 0 Å². The van der Waals surface area contributed by atoms with Crippen molar-refractivity contribution in [3.05, 3.63) is 19.8 Å². The Morgan fingerprint density at radius 1 is 1.25 bits per heavy atom. The second kappa shape index (κ2) is 4.70. The molecule has 92 valence electrons. The third-order valence-electron chi connectivity index (χ3n) is 1.61. The summed E-state index contributed by atoms with van der Waals surface area (Å²) < 4.78 is 62.4. The van der Waals surface area contributed by atoms with E-state index >= 15 is 0 Å². The molecular weight excluding hydrogens is 406 g/mol. The zero-order chi connectivity index (χ0) is 12.7. The van der Waals surface area contributed by atoms with Crippen LogP contribution in [0.5, 0.6) is 0 Å². The van der Waals surface area contributed by atoms with Gasteiger partial charge in [0.2, 0.25) is 0 Å². The number of halogens is 8. The molecule has 1 rings (SSSR count). The van der Waals surface area contributed by atoms with Crippen LogP contribution < -0.4 is 0 Å². The molecule has 1 aromatic heterocycles. The normalized spacial score (nSPS) is 15.2. The molecule has 0 radical (unpaired) electrons. The number of alkyl halides is 6. The van der Waals surface area contributed by atoms with Crippen LogP contribution in [0.15, 0.2) is 10.5 Å². The molecule has 16 heavy (non-hydrogen) atoms. The summed E-state index contributed by atoms with van der Waals surface area (Å²) in [4.78, 5) is -2.34. The zero-order valence-corrected chi connectivity index (χ0v) is 11.8. The maximum Gasteiger partial charge on any atom is 0.454 e. The lowest BCUT2D eigenvalue weighted by molar-refractivity contribution is -0.281. The molecule has 0 nitrogen and oxygen atoms in total. The predicted octanol–water partition coefficient (Wildman–Crippen LogP) is 5.80. The highest BCUT2D eigenvalue weighted by Crippen LogP contribution is 2.51. The van der Waals surface area contributed by atoms with Crippen molar-refractivity contribution in [2.75, 3.05) is 0 Å². The summed E-state index contributed by atoms with van der Waals surface area (Å²) in [5, 5.41) is 0. The Kier molecular flexibility index (Phi) is 4.31. The van der Waals surface area contributed by atoms with E-state index in [0.717, 1.165) is 6.07 Å². The molecule has 0 bridgehead atoms. The topological polar surface area (TPSA) is 0 Å². The van der Waals surface area contributed by atoms with Crippen LogP contribution >= 0.6 is 54.8 Å². The van der Waals surface area contributed by atoms with Gasteiger partial charge < -0.3 is 0 Å². The Labute approximate surface area is 113 Å². The van der Waals surface area contributed by atoms with Crippen molar-refractivity contribution in [2.45, 2.75) is 16.9 Å². The van der Waals surface area contributed by atoms with E-state index in [2.05, 4.69) is 31.9 Å². The van der Waals surface area contributed by atoms with Gasteiger partial charge in [-0.05, 0) is 22.0 Å². The number of rotatable bonds is 2. The van der Waals surface area contributed by atoms with Gasteiger partial charge in [0.1, 0.15) is 9.16 Å². The van der Waals surface area contributed by atoms with Crippen LogP contribution in [-0.4, -0.2) is 12.1 Å². The van der Waals surface area contributed by atoms with Gasteiger partial charge in [-0.15, -0.1) is 11.3 Å². The van der Waals surface area contributed by atoms with Crippen LogP contribution in [0.3, 0.4) is 0 Å². The van der Waals surface area contributed by atoms with Crippen LogP contribution in [0.1, 0.15) is 9.70 Å². The maximum absolute atomic E-state index is 12.9. The molecule has 1 unspecified atom stereocenters. The molecule has 0 aliphatic rings. The van der Waals surface area contributed by atoms with E-state index in [-0.39, 0.29) is 13.7 Å². The molecule has 1 atom stereocenters. The van der Waals surface area contributed by atoms with Crippen LogP contribution in [0.4, 0.5) is 22.0 Å². The Bertz CT molecular complexity index is 369. The van der Waals surface area contributed by atoms with Gasteiger partial charge in [-0.1, -0.05) is 27.5 Å². The third kappa shape index (κ3) is 2.70. The SMILES string of the molecule is FC(F)(F)C(F)(F)C(Br)c1cc(Br)c(Cl)s1. The Hall–Kier alpha value is 0.600. The third-order valence-corrected chi connectivity index (χ3v) is 5.52. The van der Waals surface area contributed by atoms with Crippen molar-refractivity contribution < 1.29 is 22.0 Å². The predicted molar refractivity (Wildman–Crippen MR) is 59.7 cm³/mol. The molecule has 9 heteroatoms. The fourth-order valence-corrected chi connectivity index (χ4v) is 3.24. The summed E-state index contributed by atoms with van der Waals surface area (Å²) in [5.74, 6) is -4.85. The number of hydrogen-bond donors (Lipinski definition) is 0. The van der Waals surface area contributed by atoms with Crippen molar-refractivity contribution in [3.63, 3.8) is 0 Å². The van der Waals surface area contributed by atoms with E-state index in [1.165, 1.54) is 0 Å². The molecular formula is C7H2Br2ClF5S.